The van der Waals surface area contributed by atoms with Crippen molar-refractivity contribution < 1.29 is 14.7 Å². The van der Waals surface area contributed by atoms with Gasteiger partial charge in [0.1, 0.15) is 5.82 Å². The molecule has 2 heterocycles. The summed E-state index contributed by atoms with van der Waals surface area (Å²) in [5, 5.41) is 10.3. The molecule has 3 rings (SSSR count). The van der Waals surface area contributed by atoms with Crippen LogP contribution in [0.2, 0.25) is 0 Å². The fraction of sp³-hybridized carbons (Fsp3) is 0.211. The smallest absolute Gasteiger partial charge is 0.295 e. The van der Waals surface area contributed by atoms with E-state index < -0.39 is 17.7 Å². The van der Waals surface area contributed by atoms with Crippen LogP contribution in [-0.2, 0) is 9.59 Å². The van der Waals surface area contributed by atoms with Crippen LogP contribution in [0.5, 0.6) is 0 Å². The zero-order chi connectivity index (χ0) is 17.4. The Bertz CT molecular complexity index is 853. The predicted molar refractivity (Wildman–Crippen MR) is 90.7 cm³/mol. The van der Waals surface area contributed by atoms with Crippen molar-refractivity contribution in [2.24, 2.45) is 0 Å². The Hall–Kier alpha value is -2.95. The second kappa shape index (κ2) is 5.92. The number of hydrogen-bond donors (Lipinski definition) is 1. The number of ketones is 1. The van der Waals surface area contributed by atoms with Crippen molar-refractivity contribution in [2.75, 3.05) is 4.90 Å². The number of carbonyl (C=O) groups is 2. The molecule has 1 atom stereocenters. The number of carbonyl (C=O) groups excluding carboxylic acids is 2. The monoisotopic (exact) mass is 322 g/mol. The lowest BCUT2D eigenvalue weighted by Crippen LogP contribution is -2.32. The van der Waals surface area contributed by atoms with Crippen LogP contribution in [0.3, 0.4) is 0 Å². The molecule has 0 saturated heterocycles. The van der Waals surface area contributed by atoms with E-state index in [4.69, 9.17) is 0 Å². The summed E-state index contributed by atoms with van der Waals surface area (Å²) in [6, 6.07) is 10.4. The van der Waals surface area contributed by atoms with Crippen molar-refractivity contribution in [3.05, 3.63) is 70.6 Å². The second-order valence-corrected chi connectivity index (χ2v) is 5.95. The Morgan fingerprint density at radius 3 is 2.46 bits per heavy atom. The largest absolute Gasteiger partial charge is 0.503 e. The lowest BCUT2D eigenvalue weighted by Gasteiger charge is -2.26. The summed E-state index contributed by atoms with van der Waals surface area (Å²) < 4.78 is 0. The third-order valence-electron chi connectivity index (χ3n) is 4.21. The molecule has 0 saturated carbocycles. The first-order valence-corrected chi connectivity index (χ1v) is 7.67. The molecule has 0 spiro atoms. The summed E-state index contributed by atoms with van der Waals surface area (Å²) in [4.78, 5) is 30.4. The van der Waals surface area contributed by atoms with Crippen LogP contribution in [0.15, 0.2) is 53.9 Å². The number of aliphatic hydroxyl groups is 1. The van der Waals surface area contributed by atoms with E-state index in [1.165, 1.54) is 11.8 Å². The van der Waals surface area contributed by atoms with E-state index in [2.05, 4.69) is 4.98 Å². The Morgan fingerprint density at radius 2 is 1.88 bits per heavy atom. The predicted octanol–water partition coefficient (Wildman–Crippen LogP) is 3.19. The maximum absolute atomic E-state index is 12.6. The lowest BCUT2D eigenvalue weighted by molar-refractivity contribution is -0.117. The van der Waals surface area contributed by atoms with E-state index in [9.17, 15) is 14.7 Å². The molecule has 24 heavy (non-hydrogen) atoms. The molecule has 1 aromatic heterocycles. The van der Waals surface area contributed by atoms with E-state index in [-0.39, 0.29) is 11.4 Å². The van der Waals surface area contributed by atoms with Crippen LogP contribution in [0, 0.1) is 13.8 Å². The summed E-state index contributed by atoms with van der Waals surface area (Å²) in [6.45, 7) is 5.17. The number of aromatic nitrogens is 1. The number of anilines is 1. The average Bonchev–Trinajstić information content (AvgIpc) is 2.81. The molecule has 1 aliphatic rings. The highest BCUT2D eigenvalue weighted by Gasteiger charge is 2.44. The maximum atomic E-state index is 12.6. The van der Waals surface area contributed by atoms with Gasteiger partial charge in [-0.25, -0.2) is 4.98 Å². The van der Waals surface area contributed by atoms with Crippen LogP contribution in [0.4, 0.5) is 5.82 Å². The first-order valence-electron chi connectivity index (χ1n) is 7.67. The summed E-state index contributed by atoms with van der Waals surface area (Å²) in [7, 11) is 0. The second-order valence-electron chi connectivity index (χ2n) is 5.95. The van der Waals surface area contributed by atoms with Gasteiger partial charge < -0.3 is 5.11 Å². The molecule has 1 unspecified atom stereocenters. The maximum Gasteiger partial charge on any atom is 0.295 e. The summed E-state index contributed by atoms with van der Waals surface area (Å²) in [5.74, 6) is -1.03. The third-order valence-corrected chi connectivity index (χ3v) is 4.21. The van der Waals surface area contributed by atoms with Crippen LogP contribution in [0.25, 0.3) is 0 Å². The first-order chi connectivity index (χ1) is 11.4. The SMILES string of the molecule is CC(=O)C1=C(O)C(=O)N(c2ccc(C)cn2)C1c1ccccc1C. The molecule has 1 aromatic carbocycles. The molecule has 0 bridgehead atoms. The number of pyridine rings is 1. The van der Waals surface area contributed by atoms with Crippen LogP contribution in [0.1, 0.15) is 29.7 Å². The molecule has 1 N–H and O–H groups in total. The highest BCUT2D eigenvalue weighted by Crippen LogP contribution is 2.41. The van der Waals surface area contributed by atoms with Crippen LogP contribution in [-0.4, -0.2) is 21.8 Å². The van der Waals surface area contributed by atoms with Gasteiger partial charge in [0.15, 0.2) is 11.5 Å². The number of amides is 1. The molecule has 122 valence electrons. The van der Waals surface area contributed by atoms with Crippen molar-refractivity contribution in [1.82, 2.24) is 4.98 Å². The Kier molecular flexibility index (Phi) is 3.93. The van der Waals surface area contributed by atoms with E-state index in [1.54, 1.807) is 12.3 Å². The van der Waals surface area contributed by atoms with Gasteiger partial charge in [-0.05, 0) is 43.5 Å². The molecule has 2 aromatic rings. The van der Waals surface area contributed by atoms with Gasteiger partial charge in [0.25, 0.3) is 5.91 Å². The highest BCUT2D eigenvalue weighted by molar-refractivity contribution is 6.15. The van der Waals surface area contributed by atoms with E-state index >= 15 is 0 Å². The summed E-state index contributed by atoms with van der Waals surface area (Å²) >= 11 is 0. The van der Waals surface area contributed by atoms with Crippen molar-refractivity contribution in [1.29, 1.82) is 0 Å². The number of rotatable bonds is 3. The van der Waals surface area contributed by atoms with Gasteiger partial charge in [-0.3, -0.25) is 14.5 Å². The first kappa shape index (κ1) is 15.9. The Morgan fingerprint density at radius 1 is 1.17 bits per heavy atom. The van der Waals surface area contributed by atoms with Gasteiger partial charge >= 0.3 is 0 Å². The van der Waals surface area contributed by atoms with Gasteiger partial charge in [0.2, 0.25) is 0 Å². The summed E-state index contributed by atoms with van der Waals surface area (Å²) in [6.07, 6.45) is 1.65. The third kappa shape index (κ3) is 2.48. The zero-order valence-electron chi connectivity index (χ0n) is 13.8. The summed E-state index contributed by atoms with van der Waals surface area (Å²) in [5.41, 5.74) is 2.79. The minimum absolute atomic E-state index is 0.108. The van der Waals surface area contributed by atoms with Crippen LogP contribution >= 0.6 is 0 Å². The molecule has 0 radical (unpaired) electrons. The van der Waals surface area contributed by atoms with E-state index in [0.717, 1.165) is 16.7 Å². The van der Waals surface area contributed by atoms with Crippen molar-refractivity contribution in [3.8, 4) is 0 Å². The number of hydrogen-bond acceptors (Lipinski definition) is 4. The molecule has 5 nitrogen and oxygen atoms in total. The van der Waals surface area contributed by atoms with Gasteiger partial charge in [0.05, 0.1) is 11.6 Å². The molecular weight excluding hydrogens is 304 g/mol. The molecule has 0 fully saturated rings. The van der Waals surface area contributed by atoms with Gasteiger partial charge in [-0.1, -0.05) is 30.3 Å². The standard InChI is InChI=1S/C19H18N2O3/c1-11-8-9-15(20-10-11)21-17(14-7-5-4-6-12(14)2)16(13(3)22)18(23)19(21)24/h4-10,17,23H,1-3H3. The number of aliphatic hydroxyl groups excluding tert-OH is 1. The van der Waals surface area contributed by atoms with Gasteiger partial charge in [-0.15, -0.1) is 0 Å². The van der Waals surface area contributed by atoms with Crippen molar-refractivity contribution in [3.63, 3.8) is 0 Å². The van der Waals surface area contributed by atoms with Gasteiger partial charge in [0, 0.05) is 6.20 Å². The molecular formula is C19H18N2O3. The minimum Gasteiger partial charge on any atom is -0.503 e. The highest BCUT2D eigenvalue weighted by atomic mass is 16.3. The number of benzene rings is 1. The minimum atomic E-state index is -0.675. The van der Waals surface area contributed by atoms with E-state index in [0.29, 0.717) is 5.82 Å². The normalized spacial score (nSPS) is 17.5. The molecule has 0 aliphatic carbocycles. The van der Waals surface area contributed by atoms with E-state index in [1.807, 2.05) is 44.2 Å². The number of nitrogens with zero attached hydrogens (tertiary/aromatic N) is 2. The fourth-order valence-corrected chi connectivity index (χ4v) is 2.99. The Balaban J connectivity index is 2.21. The van der Waals surface area contributed by atoms with Crippen LogP contribution < -0.4 is 4.90 Å². The molecule has 1 aliphatic heterocycles. The fourth-order valence-electron chi connectivity index (χ4n) is 2.99. The molecule has 5 heteroatoms. The number of Topliss-reactive ketones (excluding diaryl/α,β-unsaturated/α-hetero) is 1. The van der Waals surface area contributed by atoms with Crippen molar-refractivity contribution >= 4 is 17.5 Å². The lowest BCUT2D eigenvalue weighted by atomic mass is 9.93. The zero-order valence-corrected chi connectivity index (χ0v) is 13.8. The number of aryl methyl sites for hydroxylation is 2. The average molecular weight is 322 g/mol. The Labute approximate surface area is 140 Å². The van der Waals surface area contributed by atoms with Gasteiger partial charge in [-0.2, -0.15) is 0 Å². The van der Waals surface area contributed by atoms with Crippen molar-refractivity contribution in [2.45, 2.75) is 26.8 Å². The topological polar surface area (TPSA) is 70.5 Å². The molecule has 1 amide bonds. The quantitative estimate of drug-likeness (QED) is 0.942.